The van der Waals surface area contributed by atoms with Crippen molar-refractivity contribution in [3.05, 3.63) is 18.0 Å². The van der Waals surface area contributed by atoms with Gasteiger partial charge in [0, 0.05) is 24.5 Å². The number of aromatic amines is 1. The van der Waals surface area contributed by atoms with Gasteiger partial charge in [0.05, 0.1) is 0 Å². The molecule has 0 aliphatic rings. The summed E-state index contributed by atoms with van der Waals surface area (Å²) in [5, 5.41) is 10.6. The lowest BCUT2D eigenvalue weighted by atomic mass is 10.4. The van der Waals surface area contributed by atoms with E-state index < -0.39 is 0 Å². The van der Waals surface area contributed by atoms with E-state index in [4.69, 9.17) is 0 Å². The molecule has 2 aromatic rings. The summed E-state index contributed by atoms with van der Waals surface area (Å²) in [4.78, 5) is 8.19. The Morgan fingerprint density at radius 2 is 2.50 bits per heavy atom. The van der Waals surface area contributed by atoms with E-state index >= 15 is 0 Å². The van der Waals surface area contributed by atoms with Crippen LogP contribution >= 0.6 is 11.5 Å². The summed E-state index contributed by atoms with van der Waals surface area (Å²) in [6.45, 7) is 2.65. The second kappa shape index (κ2) is 4.14. The third kappa shape index (κ3) is 2.25. The van der Waals surface area contributed by atoms with Crippen LogP contribution in [0.1, 0.15) is 11.6 Å². The van der Waals surface area contributed by atoms with E-state index in [0.717, 1.165) is 29.7 Å². The van der Waals surface area contributed by atoms with Gasteiger partial charge in [-0.15, -0.1) is 0 Å². The first-order valence-corrected chi connectivity index (χ1v) is 5.00. The van der Waals surface area contributed by atoms with E-state index in [1.807, 2.05) is 6.92 Å². The molecule has 0 unspecified atom stereocenters. The lowest BCUT2D eigenvalue weighted by Gasteiger charge is -1.98. The molecule has 14 heavy (non-hydrogen) atoms. The maximum absolute atomic E-state index is 4.18. The van der Waals surface area contributed by atoms with E-state index in [1.54, 1.807) is 0 Å². The summed E-state index contributed by atoms with van der Waals surface area (Å²) in [5.74, 6) is 1.68. The average Bonchev–Trinajstić information content (AvgIpc) is 2.77. The first-order valence-electron chi connectivity index (χ1n) is 4.23. The number of aryl methyl sites for hydroxylation is 1. The van der Waals surface area contributed by atoms with Crippen molar-refractivity contribution in [2.24, 2.45) is 0 Å². The lowest BCUT2D eigenvalue weighted by Crippen LogP contribution is -2.05. The van der Waals surface area contributed by atoms with Crippen molar-refractivity contribution >= 4 is 16.7 Å². The molecule has 0 spiro atoms. The van der Waals surface area contributed by atoms with Crippen LogP contribution < -0.4 is 5.32 Å². The molecule has 0 radical (unpaired) electrons. The molecule has 2 rings (SSSR count). The number of aromatic nitrogens is 5. The number of nitrogens with zero attached hydrogens (tertiary/aromatic N) is 4. The van der Waals surface area contributed by atoms with Crippen LogP contribution in [-0.4, -0.2) is 31.1 Å². The van der Waals surface area contributed by atoms with Crippen molar-refractivity contribution in [2.45, 2.75) is 13.3 Å². The van der Waals surface area contributed by atoms with Gasteiger partial charge in [0.25, 0.3) is 0 Å². The van der Waals surface area contributed by atoms with Gasteiger partial charge < -0.3 is 5.32 Å². The van der Waals surface area contributed by atoms with E-state index in [9.17, 15) is 0 Å². The zero-order valence-electron chi connectivity index (χ0n) is 7.69. The zero-order valence-corrected chi connectivity index (χ0v) is 8.51. The first kappa shape index (κ1) is 9.07. The van der Waals surface area contributed by atoms with Gasteiger partial charge in [-0.05, 0) is 6.92 Å². The smallest absolute Gasteiger partial charge is 0.202 e. The molecule has 0 amide bonds. The summed E-state index contributed by atoms with van der Waals surface area (Å²) >= 11 is 1.37. The Balaban J connectivity index is 1.78. The molecule has 2 heterocycles. The Kier molecular flexibility index (Phi) is 2.68. The van der Waals surface area contributed by atoms with Crippen molar-refractivity contribution in [3.8, 4) is 0 Å². The second-order valence-electron chi connectivity index (χ2n) is 2.76. The summed E-state index contributed by atoms with van der Waals surface area (Å²) < 4.78 is 4.06. The molecule has 6 nitrogen and oxygen atoms in total. The van der Waals surface area contributed by atoms with Gasteiger partial charge in [-0.25, -0.2) is 9.97 Å². The zero-order chi connectivity index (χ0) is 9.80. The van der Waals surface area contributed by atoms with Crippen LogP contribution in [0.5, 0.6) is 0 Å². The quantitative estimate of drug-likeness (QED) is 0.773. The minimum atomic E-state index is 0.782. The fourth-order valence-corrected chi connectivity index (χ4v) is 1.61. The number of hydrogen-bond donors (Lipinski definition) is 2. The molecular formula is C7H10N6S. The van der Waals surface area contributed by atoms with E-state index in [2.05, 4.69) is 29.9 Å². The molecule has 2 N–H and O–H groups in total. The SMILES string of the molecule is Cc1nsc(NCCc2ncn[nH]2)n1. The van der Waals surface area contributed by atoms with Gasteiger partial charge in [0.1, 0.15) is 18.0 Å². The van der Waals surface area contributed by atoms with Crippen molar-refractivity contribution in [2.75, 3.05) is 11.9 Å². The highest BCUT2D eigenvalue weighted by Gasteiger charge is 1.99. The maximum atomic E-state index is 4.18. The largest absolute Gasteiger partial charge is 0.360 e. The Labute approximate surface area is 85.0 Å². The average molecular weight is 210 g/mol. The molecule has 0 atom stereocenters. The van der Waals surface area contributed by atoms with Crippen molar-refractivity contribution in [3.63, 3.8) is 0 Å². The molecule has 0 saturated carbocycles. The topological polar surface area (TPSA) is 79.4 Å². The predicted molar refractivity (Wildman–Crippen MR) is 53.2 cm³/mol. The molecular weight excluding hydrogens is 200 g/mol. The van der Waals surface area contributed by atoms with Crippen LogP contribution in [-0.2, 0) is 6.42 Å². The van der Waals surface area contributed by atoms with Crippen LogP contribution in [0.3, 0.4) is 0 Å². The second-order valence-corrected chi connectivity index (χ2v) is 3.51. The predicted octanol–water partition coefficient (Wildman–Crippen LogP) is 0.619. The molecule has 0 fully saturated rings. The molecule has 74 valence electrons. The molecule has 0 aliphatic carbocycles. The van der Waals surface area contributed by atoms with Crippen molar-refractivity contribution in [1.82, 2.24) is 24.5 Å². The highest BCUT2D eigenvalue weighted by atomic mass is 32.1. The molecule has 0 aliphatic heterocycles. The van der Waals surface area contributed by atoms with Gasteiger partial charge in [-0.1, -0.05) is 0 Å². The van der Waals surface area contributed by atoms with E-state index in [0.29, 0.717) is 0 Å². The van der Waals surface area contributed by atoms with Crippen molar-refractivity contribution < 1.29 is 0 Å². The fraction of sp³-hybridized carbons (Fsp3) is 0.429. The van der Waals surface area contributed by atoms with Gasteiger partial charge in [0.15, 0.2) is 0 Å². The standard InChI is InChI=1S/C7H10N6S/c1-5-11-7(14-13-5)8-3-2-6-9-4-10-12-6/h4H,2-3H2,1H3,(H,8,11,13)(H,9,10,12). The van der Waals surface area contributed by atoms with Crippen LogP contribution in [0.4, 0.5) is 5.13 Å². The van der Waals surface area contributed by atoms with Gasteiger partial charge in [-0.2, -0.15) is 9.47 Å². The van der Waals surface area contributed by atoms with Crippen molar-refractivity contribution in [1.29, 1.82) is 0 Å². The Hall–Kier alpha value is -1.50. The number of rotatable bonds is 4. The minimum Gasteiger partial charge on any atom is -0.360 e. The Bertz CT molecular complexity index is 381. The number of anilines is 1. The highest BCUT2D eigenvalue weighted by Crippen LogP contribution is 2.09. The first-order chi connectivity index (χ1) is 6.84. The molecule has 0 bridgehead atoms. The third-order valence-electron chi connectivity index (χ3n) is 1.63. The molecule has 2 aromatic heterocycles. The van der Waals surface area contributed by atoms with Crippen LogP contribution in [0, 0.1) is 6.92 Å². The maximum Gasteiger partial charge on any atom is 0.202 e. The normalized spacial score (nSPS) is 10.4. The van der Waals surface area contributed by atoms with E-state index in [1.165, 1.54) is 17.9 Å². The monoisotopic (exact) mass is 210 g/mol. The molecule has 0 aromatic carbocycles. The van der Waals surface area contributed by atoms with Gasteiger partial charge in [0.2, 0.25) is 5.13 Å². The third-order valence-corrected chi connectivity index (χ3v) is 2.39. The Morgan fingerprint density at radius 1 is 1.57 bits per heavy atom. The summed E-state index contributed by atoms with van der Waals surface area (Å²) in [6, 6.07) is 0. The fourth-order valence-electron chi connectivity index (χ4n) is 1.01. The van der Waals surface area contributed by atoms with Gasteiger partial charge in [-0.3, -0.25) is 5.10 Å². The minimum absolute atomic E-state index is 0.782. The number of H-pyrrole nitrogens is 1. The Morgan fingerprint density at radius 3 is 3.14 bits per heavy atom. The van der Waals surface area contributed by atoms with Crippen LogP contribution in [0.2, 0.25) is 0 Å². The van der Waals surface area contributed by atoms with E-state index in [-0.39, 0.29) is 0 Å². The van der Waals surface area contributed by atoms with Gasteiger partial charge >= 0.3 is 0 Å². The van der Waals surface area contributed by atoms with Crippen LogP contribution in [0.25, 0.3) is 0 Å². The molecule has 0 saturated heterocycles. The molecule has 7 heteroatoms. The highest BCUT2D eigenvalue weighted by molar-refractivity contribution is 7.09. The lowest BCUT2D eigenvalue weighted by molar-refractivity contribution is 0.899. The summed E-state index contributed by atoms with van der Waals surface area (Å²) in [7, 11) is 0. The van der Waals surface area contributed by atoms with Crippen LogP contribution in [0.15, 0.2) is 6.33 Å². The number of hydrogen-bond acceptors (Lipinski definition) is 6. The summed E-state index contributed by atoms with van der Waals surface area (Å²) in [5.41, 5.74) is 0. The summed E-state index contributed by atoms with van der Waals surface area (Å²) in [6.07, 6.45) is 2.31. The number of nitrogens with one attached hydrogen (secondary N) is 2.